The van der Waals surface area contributed by atoms with Gasteiger partial charge in [-0.25, -0.2) is 0 Å². The minimum atomic E-state index is -0.518. The number of hydrogen-bond donors (Lipinski definition) is 1. The van der Waals surface area contributed by atoms with Crippen molar-refractivity contribution in [1.29, 1.82) is 0 Å². The number of aryl methyl sites for hydroxylation is 1. The van der Waals surface area contributed by atoms with Gasteiger partial charge in [0, 0.05) is 22.7 Å². The van der Waals surface area contributed by atoms with Crippen molar-refractivity contribution in [2.45, 2.75) is 45.7 Å². The van der Waals surface area contributed by atoms with Crippen molar-refractivity contribution in [2.24, 2.45) is 0 Å². The molecule has 0 bridgehead atoms. The van der Waals surface area contributed by atoms with Crippen LogP contribution in [0.25, 0.3) is 0 Å². The van der Waals surface area contributed by atoms with E-state index >= 15 is 0 Å². The number of amides is 1. The van der Waals surface area contributed by atoms with E-state index < -0.39 is 5.54 Å². The van der Waals surface area contributed by atoms with E-state index in [0.717, 1.165) is 28.7 Å². The van der Waals surface area contributed by atoms with Gasteiger partial charge in [-0.1, -0.05) is 15.9 Å². The molecule has 1 aliphatic rings. The van der Waals surface area contributed by atoms with E-state index in [1.807, 2.05) is 37.8 Å². The first-order valence-electron chi connectivity index (χ1n) is 6.67. The van der Waals surface area contributed by atoms with Gasteiger partial charge in [0.25, 0.3) is 0 Å². The smallest absolute Gasteiger partial charge is 0.246 e. The van der Waals surface area contributed by atoms with Gasteiger partial charge in [-0.3, -0.25) is 4.79 Å². The third kappa shape index (κ3) is 3.00. The van der Waals surface area contributed by atoms with Gasteiger partial charge in [0.05, 0.1) is 5.54 Å². The summed E-state index contributed by atoms with van der Waals surface area (Å²) in [6.45, 7) is 8.85. The molecule has 0 aliphatic carbocycles. The molecule has 104 valence electrons. The Morgan fingerprint density at radius 3 is 2.74 bits per heavy atom. The van der Waals surface area contributed by atoms with E-state index in [4.69, 9.17) is 0 Å². The van der Waals surface area contributed by atoms with Crippen LogP contribution in [0, 0.1) is 6.92 Å². The highest BCUT2D eigenvalue weighted by molar-refractivity contribution is 9.10. The maximum Gasteiger partial charge on any atom is 0.246 e. The maximum atomic E-state index is 12.7. The molecule has 0 aromatic heterocycles. The Morgan fingerprint density at radius 1 is 1.42 bits per heavy atom. The van der Waals surface area contributed by atoms with Crippen LogP contribution in [0.1, 0.15) is 32.8 Å². The van der Waals surface area contributed by atoms with E-state index in [-0.39, 0.29) is 5.91 Å². The number of hydrogen-bond acceptors (Lipinski definition) is 2. The highest BCUT2D eigenvalue weighted by Crippen LogP contribution is 2.28. The second-order valence-electron chi connectivity index (χ2n) is 5.85. The Kier molecular flexibility index (Phi) is 4.02. The van der Waals surface area contributed by atoms with Crippen molar-refractivity contribution < 1.29 is 4.79 Å². The zero-order valence-electron chi connectivity index (χ0n) is 12.0. The van der Waals surface area contributed by atoms with Crippen LogP contribution in [0.5, 0.6) is 0 Å². The van der Waals surface area contributed by atoms with Gasteiger partial charge < -0.3 is 10.2 Å². The molecule has 3 nitrogen and oxygen atoms in total. The fourth-order valence-corrected chi connectivity index (χ4v) is 3.14. The first-order chi connectivity index (χ1) is 8.81. The molecule has 4 heteroatoms. The summed E-state index contributed by atoms with van der Waals surface area (Å²) >= 11 is 3.47. The third-order valence-corrected chi connectivity index (χ3v) is 4.12. The summed E-state index contributed by atoms with van der Waals surface area (Å²) < 4.78 is 1.04. The molecular weight excluding hydrogens is 304 g/mol. The summed E-state index contributed by atoms with van der Waals surface area (Å²) in [6, 6.07) is 6.41. The molecule has 19 heavy (non-hydrogen) atoms. The van der Waals surface area contributed by atoms with Gasteiger partial charge in [-0.05, 0) is 57.9 Å². The fraction of sp³-hybridized carbons (Fsp3) is 0.533. The number of nitrogens with zero attached hydrogens (tertiary/aromatic N) is 1. The maximum absolute atomic E-state index is 12.7. The molecule has 0 spiro atoms. The van der Waals surface area contributed by atoms with Gasteiger partial charge >= 0.3 is 0 Å². The zero-order chi connectivity index (χ0) is 14.2. The first-order valence-corrected chi connectivity index (χ1v) is 7.46. The second-order valence-corrected chi connectivity index (χ2v) is 6.76. The van der Waals surface area contributed by atoms with E-state index in [9.17, 15) is 4.79 Å². The number of anilines is 1. The lowest BCUT2D eigenvalue weighted by Crippen LogP contribution is -2.53. The van der Waals surface area contributed by atoms with Crippen LogP contribution in [0.4, 0.5) is 5.69 Å². The van der Waals surface area contributed by atoms with Crippen molar-refractivity contribution in [3.8, 4) is 0 Å². The summed E-state index contributed by atoms with van der Waals surface area (Å²) in [5.41, 5.74) is 1.61. The standard InChI is InChI=1S/C15H21BrN2O/c1-10-9-12(16)5-6-13(10)18-8-7-11(2)17-15(3,4)14(18)19/h5-6,9,11,17H,7-8H2,1-4H3. The van der Waals surface area contributed by atoms with Crippen LogP contribution in [0.2, 0.25) is 0 Å². The fourth-order valence-electron chi connectivity index (χ4n) is 2.66. The molecule has 1 unspecified atom stereocenters. The Morgan fingerprint density at radius 2 is 2.11 bits per heavy atom. The van der Waals surface area contributed by atoms with Crippen molar-refractivity contribution >= 4 is 27.5 Å². The topological polar surface area (TPSA) is 32.3 Å². The average molecular weight is 325 g/mol. The minimum absolute atomic E-state index is 0.141. The van der Waals surface area contributed by atoms with Gasteiger partial charge in [0.15, 0.2) is 0 Å². The zero-order valence-corrected chi connectivity index (χ0v) is 13.5. The van der Waals surface area contributed by atoms with Crippen molar-refractivity contribution in [3.63, 3.8) is 0 Å². The third-order valence-electron chi connectivity index (χ3n) is 3.62. The first kappa shape index (κ1) is 14.5. The van der Waals surface area contributed by atoms with Gasteiger partial charge in [-0.15, -0.1) is 0 Å². The Balaban J connectivity index is 2.39. The lowest BCUT2D eigenvalue weighted by Gasteiger charge is -2.30. The molecule has 1 aliphatic heterocycles. The summed E-state index contributed by atoms with van der Waals surface area (Å²) in [7, 11) is 0. The van der Waals surface area contributed by atoms with Crippen LogP contribution in [-0.2, 0) is 4.79 Å². The molecule has 0 radical (unpaired) electrons. The predicted octanol–water partition coefficient (Wildman–Crippen LogP) is 3.25. The molecule has 1 atom stereocenters. The van der Waals surface area contributed by atoms with E-state index in [2.05, 4.69) is 34.2 Å². The Labute approximate surface area is 123 Å². The molecule has 0 saturated carbocycles. The lowest BCUT2D eigenvalue weighted by atomic mass is 10.0. The summed E-state index contributed by atoms with van der Waals surface area (Å²) in [5, 5.41) is 3.40. The number of nitrogens with one attached hydrogen (secondary N) is 1. The van der Waals surface area contributed by atoms with Crippen LogP contribution in [0.15, 0.2) is 22.7 Å². The van der Waals surface area contributed by atoms with Crippen LogP contribution in [-0.4, -0.2) is 24.0 Å². The minimum Gasteiger partial charge on any atom is -0.311 e. The molecule has 2 rings (SSSR count). The molecule has 1 N–H and O–H groups in total. The van der Waals surface area contributed by atoms with Crippen molar-refractivity contribution in [1.82, 2.24) is 5.32 Å². The predicted molar refractivity (Wildman–Crippen MR) is 82.5 cm³/mol. The molecule has 1 amide bonds. The molecule has 1 heterocycles. The average Bonchev–Trinajstić information content (AvgIpc) is 2.38. The molecule has 1 fully saturated rings. The van der Waals surface area contributed by atoms with Crippen LogP contribution < -0.4 is 10.2 Å². The summed E-state index contributed by atoms with van der Waals surface area (Å²) in [5.74, 6) is 0.141. The normalized spacial score (nSPS) is 23.3. The van der Waals surface area contributed by atoms with Crippen molar-refractivity contribution in [2.75, 3.05) is 11.4 Å². The summed E-state index contributed by atoms with van der Waals surface area (Å²) in [6.07, 6.45) is 0.963. The van der Waals surface area contributed by atoms with Gasteiger partial charge in [0.1, 0.15) is 0 Å². The number of carbonyl (C=O) groups excluding carboxylic acids is 1. The van der Waals surface area contributed by atoms with E-state index in [0.29, 0.717) is 6.04 Å². The quantitative estimate of drug-likeness (QED) is 0.860. The van der Waals surface area contributed by atoms with Crippen LogP contribution >= 0.6 is 15.9 Å². The van der Waals surface area contributed by atoms with Crippen LogP contribution in [0.3, 0.4) is 0 Å². The number of carbonyl (C=O) groups is 1. The summed E-state index contributed by atoms with van der Waals surface area (Å²) in [4.78, 5) is 14.6. The number of halogens is 1. The highest BCUT2D eigenvalue weighted by Gasteiger charge is 2.36. The second kappa shape index (κ2) is 5.25. The van der Waals surface area contributed by atoms with Gasteiger partial charge in [-0.2, -0.15) is 0 Å². The van der Waals surface area contributed by atoms with E-state index in [1.165, 1.54) is 0 Å². The Hall–Kier alpha value is -0.870. The molecule has 1 saturated heterocycles. The van der Waals surface area contributed by atoms with E-state index in [1.54, 1.807) is 0 Å². The number of rotatable bonds is 1. The highest BCUT2D eigenvalue weighted by atomic mass is 79.9. The SMILES string of the molecule is Cc1cc(Br)ccc1N1CCC(C)NC(C)(C)C1=O. The molecular formula is C15H21BrN2O. The van der Waals surface area contributed by atoms with Crippen molar-refractivity contribution in [3.05, 3.63) is 28.2 Å². The van der Waals surface area contributed by atoms with Gasteiger partial charge in [0.2, 0.25) is 5.91 Å². The monoisotopic (exact) mass is 324 g/mol. The molecule has 1 aromatic carbocycles. The molecule has 1 aromatic rings. The lowest BCUT2D eigenvalue weighted by molar-refractivity contribution is -0.123. The Bertz CT molecular complexity index is 499. The largest absolute Gasteiger partial charge is 0.311 e. The number of benzene rings is 1.